The first-order chi connectivity index (χ1) is 5.33. The van der Waals surface area contributed by atoms with E-state index in [-0.39, 0.29) is 0 Å². The van der Waals surface area contributed by atoms with Crippen LogP contribution in [0.1, 0.15) is 11.1 Å². The maximum Gasteiger partial charge on any atom is 0.0177 e. The van der Waals surface area contributed by atoms with E-state index in [2.05, 4.69) is 19.1 Å². The minimum Gasteiger partial charge on any atom is -0.309 e. The quantitative estimate of drug-likeness (QED) is 0.618. The first-order valence-corrected chi connectivity index (χ1v) is 3.57. The molecule has 0 aliphatic rings. The van der Waals surface area contributed by atoms with Crippen molar-refractivity contribution in [2.75, 3.05) is 0 Å². The Balaban J connectivity index is 2.81. The highest BCUT2D eigenvalue weighted by molar-refractivity contribution is 5.75. The van der Waals surface area contributed by atoms with Crippen LogP contribution in [0.2, 0.25) is 0 Å². The molecule has 0 aliphatic heterocycles. The first kappa shape index (κ1) is 7.73. The minimum absolute atomic E-state index is 1.14. The Hall–Kier alpha value is -1.37. The maximum absolute atomic E-state index is 6.78. The van der Waals surface area contributed by atoms with Gasteiger partial charge in [0.05, 0.1) is 0 Å². The lowest BCUT2D eigenvalue weighted by Crippen LogP contribution is -1.72. The number of hydrogen-bond acceptors (Lipinski definition) is 1. The Kier molecular flexibility index (Phi) is 2.61. The van der Waals surface area contributed by atoms with Crippen molar-refractivity contribution in [2.24, 2.45) is 0 Å². The standard InChI is InChI=1S/C10H11N/c1-9-4-6-10(7-5-9)3-2-8-11/h2-8,11H,1H3/b3-2+,11-8?. The Labute approximate surface area is 66.9 Å². The zero-order valence-electron chi connectivity index (χ0n) is 6.54. The molecule has 1 N–H and O–H groups in total. The molecule has 1 aromatic carbocycles. The number of aryl methyl sites for hydroxylation is 1. The van der Waals surface area contributed by atoms with Crippen LogP contribution in [0.4, 0.5) is 0 Å². The number of hydrogen-bond donors (Lipinski definition) is 1. The van der Waals surface area contributed by atoms with Crippen molar-refractivity contribution in [2.45, 2.75) is 6.92 Å². The summed E-state index contributed by atoms with van der Waals surface area (Å²) >= 11 is 0. The third kappa shape index (κ3) is 2.38. The van der Waals surface area contributed by atoms with Gasteiger partial charge in [0.2, 0.25) is 0 Å². The van der Waals surface area contributed by atoms with E-state index in [9.17, 15) is 0 Å². The van der Waals surface area contributed by atoms with Crippen molar-refractivity contribution in [3.8, 4) is 0 Å². The van der Waals surface area contributed by atoms with Crippen LogP contribution < -0.4 is 0 Å². The molecular formula is C10H11N. The molecule has 0 atom stereocenters. The number of benzene rings is 1. The van der Waals surface area contributed by atoms with Crippen LogP contribution in [0.5, 0.6) is 0 Å². The molecule has 0 unspecified atom stereocenters. The highest BCUT2D eigenvalue weighted by atomic mass is 14.3. The van der Waals surface area contributed by atoms with Crippen LogP contribution >= 0.6 is 0 Å². The smallest absolute Gasteiger partial charge is 0.0177 e. The molecule has 56 valence electrons. The van der Waals surface area contributed by atoms with Crippen molar-refractivity contribution in [1.82, 2.24) is 0 Å². The first-order valence-electron chi connectivity index (χ1n) is 3.57. The molecule has 1 heteroatoms. The second-order valence-corrected chi connectivity index (χ2v) is 2.44. The molecule has 1 rings (SSSR count). The van der Waals surface area contributed by atoms with Gasteiger partial charge >= 0.3 is 0 Å². The molecule has 0 saturated heterocycles. The van der Waals surface area contributed by atoms with E-state index in [4.69, 9.17) is 5.41 Å². The van der Waals surface area contributed by atoms with Crippen molar-refractivity contribution in [3.05, 3.63) is 41.5 Å². The number of rotatable bonds is 2. The number of allylic oxidation sites excluding steroid dienone is 1. The fourth-order valence-corrected chi connectivity index (χ4v) is 0.837. The minimum atomic E-state index is 1.14. The van der Waals surface area contributed by atoms with E-state index in [1.165, 1.54) is 11.8 Å². The van der Waals surface area contributed by atoms with Gasteiger partial charge in [-0.3, -0.25) is 0 Å². The summed E-state index contributed by atoms with van der Waals surface area (Å²) in [7, 11) is 0. The molecule has 0 fully saturated rings. The summed E-state index contributed by atoms with van der Waals surface area (Å²) in [6.07, 6.45) is 4.90. The lowest BCUT2D eigenvalue weighted by atomic mass is 10.1. The number of nitrogens with one attached hydrogen (secondary N) is 1. The summed E-state index contributed by atoms with van der Waals surface area (Å²) in [4.78, 5) is 0. The lowest BCUT2D eigenvalue weighted by molar-refractivity contribution is 1.46. The van der Waals surface area contributed by atoms with Crippen molar-refractivity contribution >= 4 is 12.3 Å². The van der Waals surface area contributed by atoms with Gasteiger partial charge in [-0.2, -0.15) is 0 Å². The predicted octanol–water partition coefficient (Wildman–Crippen LogP) is 2.66. The second kappa shape index (κ2) is 3.71. The summed E-state index contributed by atoms with van der Waals surface area (Å²) in [6, 6.07) is 8.19. The summed E-state index contributed by atoms with van der Waals surface area (Å²) in [5.74, 6) is 0. The molecule has 11 heavy (non-hydrogen) atoms. The monoisotopic (exact) mass is 145 g/mol. The van der Waals surface area contributed by atoms with Crippen LogP contribution in [-0.4, -0.2) is 6.21 Å². The molecule has 1 aromatic rings. The second-order valence-electron chi connectivity index (χ2n) is 2.44. The molecule has 0 spiro atoms. The third-order valence-corrected chi connectivity index (χ3v) is 1.46. The highest BCUT2D eigenvalue weighted by Gasteiger charge is 1.83. The van der Waals surface area contributed by atoms with Gasteiger partial charge in [-0.15, -0.1) is 0 Å². The van der Waals surface area contributed by atoms with Gasteiger partial charge in [-0.25, -0.2) is 0 Å². The molecule has 0 aliphatic carbocycles. The van der Waals surface area contributed by atoms with E-state index < -0.39 is 0 Å². The topological polar surface area (TPSA) is 23.9 Å². The summed E-state index contributed by atoms with van der Waals surface area (Å²) in [5, 5.41) is 6.78. The van der Waals surface area contributed by atoms with Crippen LogP contribution in [0, 0.1) is 12.3 Å². The fraction of sp³-hybridized carbons (Fsp3) is 0.100. The van der Waals surface area contributed by atoms with Crippen LogP contribution in [0.25, 0.3) is 6.08 Å². The Bertz CT molecular complexity index is 257. The van der Waals surface area contributed by atoms with Crippen molar-refractivity contribution in [3.63, 3.8) is 0 Å². The van der Waals surface area contributed by atoms with Gasteiger partial charge < -0.3 is 5.41 Å². The van der Waals surface area contributed by atoms with Gasteiger partial charge in [0.25, 0.3) is 0 Å². The summed E-state index contributed by atoms with van der Waals surface area (Å²) in [5.41, 5.74) is 2.40. The average Bonchev–Trinajstić information content (AvgIpc) is 2.04. The molecule has 0 amide bonds. The average molecular weight is 145 g/mol. The van der Waals surface area contributed by atoms with Crippen molar-refractivity contribution in [1.29, 1.82) is 5.41 Å². The highest BCUT2D eigenvalue weighted by Crippen LogP contribution is 2.03. The fourth-order valence-electron chi connectivity index (χ4n) is 0.837. The van der Waals surface area contributed by atoms with E-state index in [0.717, 1.165) is 5.56 Å². The summed E-state index contributed by atoms with van der Waals surface area (Å²) < 4.78 is 0. The van der Waals surface area contributed by atoms with E-state index in [1.54, 1.807) is 6.08 Å². The molecule has 0 radical (unpaired) electrons. The Morgan fingerprint density at radius 3 is 2.36 bits per heavy atom. The molecule has 0 saturated carbocycles. The van der Waals surface area contributed by atoms with Crippen LogP contribution in [0.3, 0.4) is 0 Å². The van der Waals surface area contributed by atoms with Crippen LogP contribution in [-0.2, 0) is 0 Å². The van der Waals surface area contributed by atoms with Gasteiger partial charge in [0, 0.05) is 6.21 Å². The lowest BCUT2D eigenvalue weighted by Gasteiger charge is -1.92. The molecule has 0 bridgehead atoms. The molecular weight excluding hydrogens is 134 g/mol. The van der Waals surface area contributed by atoms with E-state index in [0.29, 0.717) is 0 Å². The van der Waals surface area contributed by atoms with Gasteiger partial charge in [-0.1, -0.05) is 35.9 Å². The van der Waals surface area contributed by atoms with Gasteiger partial charge in [0.15, 0.2) is 0 Å². The maximum atomic E-state index is 6.78. The van der Waals surface area contributed by atoms with Crippen molar-refractivity contribution < 1.29 is 0 Å². The van der Waals surface area contributed by atoms with Gasteiger partial charge in [-0.05, 0) is 18.6 Å². The molecule has 0 heterocycles. The zero-order chi connectivity index (χ0) is 8.10. The zero-order valence-corrected chi connectivity index (χ0v) is 6.54. The SMILES string of the molecule is Cc1ccc(/C=C/C=N)cc1. The normalized spacial score (nSPS) is 10.3. The molecule has 1 nitrogen and oxygen atoms in total. The summed E-state index contributed by atoms with van der Waals surface area (Å²) in [6.45, 7) is 2.06. The van der Waals surface area contributed by atoms with E-state index >= 15 is 0 Å². The molecule has 0 aromatic heterocycles. The van der Waals surface area contributed by atoms with Gasteiger partial charge in [0.1, 0.15) is 0 Å². The third-order valence-electron chi connectivity index (χ3n) is 1.46. The Morgan fingerprint density at radius 2 is 1.82 bits per heavy atom. The Morgan fingerprint density at radius 1 is 1.18 bits per heavy atom. The van der Waals surface area contributed by atoms with Crippen LogP contribution in [0.15, 0.2) is 30.3 Å². The predicted molar refractivity (Wildman–Crippen MR) is 49.0 cm³/mol. The largest absolute Gasteiger partial charge is 0.309 e. The van der Waals surface area contributed by atoms with E-state index in [1.807, 2.05) is 18.2 Å².